The van der Waals surface area contributed by atoms with Crippen molar-refractivity contribution in [3.8, 4) is 5.69 Å². The van der Waals surface area contributed by atoms with E-state index in [2.05, 4.69) is 16.3 Å². The van der Waals surface area contributed by atoms with Crippen molar-refractivity contribution in [1.29, 1.82) is 0 Å². The van der Waals surface area contributed by atoms with Crippen molar-refractivity contribution in [2.24, 2.45) is 0 Å². The fourth-order valence-corrected chi connectivity index (χ4v) is 4.72. The molecule has 1 atom stereocenters. The van der Waals surface area contributed by atoms with Gasteiger partial charge in [0.25, 0.3) is 0 Å². The van der Waals surface area contributed by atoms with Gasteiger partial charge in [-0.15, -0.1) is 10.2 Å². The molecule has 34 heavy (non-hydrogen) atoms. The SMILES string of the molecule is C[C@@H](c1nnc(SCC(=O)N(Cc2ccco2)C2=CCCCC2)n1-c1ccc(F)cc1)N(C)C. The van der Waals surface area contributed by atoms with Crippen LogP contribution in [0.3, 0.4) is 0 Å². The topological polar surface area (TPSA) is 67.4 Å². The largest absolute Gasteiger partial charge is 0.467 e. The third kappa shape index (κ3) is 5.59. The Hall–Kier alpha value is -2.91. The van der Waals surface area contributed by atoms with Crippen LogP contribution < -0.4 is 0 Å². The zero-order valence-electron chi connectivity index (χ0n) is 19.8. The second-order valence-electron chi connectivity index (χ2n) is 8.58. The van der Waals surface area contributed by atoms with Crippen molar-refractivity contribution in [3.63, 3.8) is 0 Å². The summed E-state index contributed by atoms with van der Waals surface area (Å²) in [5, 5.41) is 9.40. The first-order chi connectivity index (χ1) is 16.4. The second-order valence-corrected chi connectivity index (χ2v) is 9.52. The molecule has 0 saturated carbocycles. The number of benzene rings is 1. The quantitative estimate of drug-likeness (QED) is 0.390. The third-order valence-corrected chi connectivity index (χ3v) is 6.94. The Morgan fingerprint density at radius 3 is 2.65 bits per heavy atom. The van der Waals surface area contributed by atoms with Gasteiger partial charge in [-0.3, -0.25) is 14.3 Å². The molecule has 1 amide bonds. The maximum absolute atomic E-state index is 13.6. The molecule has 0 spiro atoms. The van der Waals surface area contributed by atoms with E-state index in [1.54, 1.807) is 18.4 Å². The number of thioether (sulfide) groups is 1. The number of hydrogen-bond donors (Lipinski definition) is 0. The Kier molecular flexibility index (Phi) is 7.84. The van der Waals surface area contributed by atoms with Gasteiger partial charge in [0.15, 0.2) is 11.0 Å². The molecule has 7 nitrogen and oxygen atoms in total. The molecule has 0 aliphatic heterocycles. The first kappa shape index (κ1) is 24.2. The molecule has 4 rings (SSSR count). The molecule has 0 unspecified atom stereocenters. The van der Waals surface area contributed by atoms with E-state index >= 15 is 0 Å². The van der Waals surface area contributed by atoms with Crippen LogP contribution in [0.1, 0.15) is 50.2 Å². The molecule has 0 saturated heterocycles. The van der Waals surface area contributed by atoms with Crippen molar-refractivity contribution in [2.75, 3.05) is 19.8 Å². The first-order valence-electron chi connectivity index (χ1n) is 11.5. The van der Waals surface area contributed by atoms with E-state index in [-0.39, 0.29) is 23.5 Å². The van der Waals surface area contributed by atoms with Crippen LogP contribution in [0.2, 0.25) is 0 Å². The van der Waals surface area contributed by atoms with E-state index in [9.17, 15) is 9.18 Å². The van der Waals surface area contributed by atoms with Gasteiger partial charge >= 0.3 is 0 Å². The number of aromatic nitrogens is 3. The van der Waals surface area contributed by atoms with E-state index in [0.717, 1.165) is 48.7 Å². The summed E-state index contributed by atoms with van der Waals surface area (Å²) in [6, 6.07) is 9.93. The summed E-state index contributed by atoms with van der Waals surface area (Å²) in [4.78, 5) is 17.2. The number of halogens is 1. The molecule has 1 aliphatic carbocycles. The number of furan rings is 1. The van der Waals surface area contributed by atoms with Crippen LogP contribution in [0.25, 0.3) is 5.69 Å². The van der Waals surface area contributed by atoms with Gasteiger partial charge in [0.1, 0.15) is 11.6 Å². The van der Waals surface area contributed by atoms with Crippen LogP contribution in [0.15, 0.2) is 64.0 Å². The lowest BCUT2D eigenvalue weighted by Crippen LogP contribution is -2.32. The maximum Gasteiger partial charge on any atom is 0.237 e. The van der Waals surface area contributed by atoms with Gasteiger partial charge in [-0.05, 0) is 83.1 Å². The van der Waals surface area contributed by atoms with Crippen molar-refractivity contribution in [2.45, 2.75) is 50.4 Å². The lowest BCUT2D eigenvalue weighted by Gasteiger charge is -2.27. The fraction of sp³-hybridized carbons (Fsp3) is 0.400. The van der Waals surface area contributed by atoms with Crippen molar-refractivity contribution in [3.05, 3.63) is 71.8 Å². The van der Waals surface area contributed by atoms with Crippen molar-refractivity contribution >= 4 is 17.7 Å². The van der Waals surface area contributed by atoms with Gasteiger partial charge in [-0.25, -0.2) is 4.39 Å². The molecule has 3 aromatic rings. The number of carbonyl (C=O) groups is 1. The maximum atomic E-state index is 13.6. The summed E-state index contributed by atoms with van der Waals surface area (Å²) in [5.41, 5.74) is 1.81. The molecule has 0 radical (unpaired) electrons. The first-order valence-corrected chi connectivity index (χ1v) is 12.4. The molecular formula is C25H30FN5O2S. The highest BCUT2D eigenvalue weighted by molar-refractivity contribution is 7.99. The van der Waals surface area contributed by atoms with Gasteiger partial charge in [0.2, 0.25) is 5.91 Å². The third-order valence-electron chi connectivity index (χ3n) is 6.03. The summed E-state index contributed by atoms with van der Waals surface area (Å²) >= 11 is 1.34. The highest BCUT2D eigenvalue weighted by Crippen LogP contribution is 2.29. The fourth-order valence-electron chi connectivity index (χ4n) is 3.89. The van der Waals surface area contributed by atoms with Crippen molar-refractivity contribution < 1.29 is 13.6 Å². The van der Waals surface area contributed by atoms with Crippen molar-refractivity contribution in [1.82, 2.24) is 24.6 Å². The number of amides is 1. The predicted molar refractivity (Wildman–Crippen MR) is 130 cm³/mol. The molecule has 0 N–H and O–H groups in total. The number of nitrogens with zero attached hydrogens (tertiary/aromatic N) is 5. The zero-order chi connectivity index (χ0) is 24.1. The minimum atomic E-state index is -0.308. The van der Waals surface area contributed by atoms with Gasteiger partial charge in [0.05, 0.1) is 24.6 Å². The number of rotatable bonds is 9. The Morgan fingerprint density at radius 1 is 1.21 bits per heavy atom. The lowest BCUT2D eigenvalue weighted by atomic mass is 10.0. The van der Waals surface area contributed by atoms with Crippen LogP contribution >= 0.6 is 11.8 Å². The molecule has 0 fully saturated rings. The second kappa shape index (κ2) is 11.0. The molecule has 0 bridgehead atoms. The van der Waals surface area contributed by atoms with Crippen LogP contribution in [0.4, 0.5) is 4.39 Å². The molecule has 1 aromatic carbocycles. The summed E-state index contributed by atoms with van der Waals surface area (Å²) < 4.78 is 21.0. The standard InChI is InChI=1S/C25H30FN5O2S/c1-18(29(2)3)24-27-28-25(31(24)21-13-11-19(26)12-14-21)34-17-23(32)30(16-22-10-7-15-33-22)20-8-5-4-6-9-20/h7-8,10-15,18H,4-6,9,16-17H2,1-3H3/t18-/m0/s1. The normalized spacial score (nSPS) is 14.8. The van der Waals surface area contributed by atoms with E-state index in [1.165, 1.54) is 23.9 Å². The molecule has 2 heterocycles. The van der Waals surface area contributed by atoms with E-state index in [1.807, 2.05) is 47.5 Å². The van der Waals surface area contributed by atoms with E-state index in [0.29, 0.717) is 11.7 Å². The molecule has 1 aliphatic rings. The Labute approximate surface area is 203 Å². The summed E-state index contributed by atoms with van der Waals surface area (Å²) in [5.74, 6) is 1.37. The summed E-state index contributed by atoms with van der Waals surface area (Å²) in [7, 11) is 3.93. The number of carbonyl (C=O) groups excluding carboxylic acids is 1. The average Bonchev–Trinajstić information content (AvgIpc) is 3.51. The Bertz CT molecular complexity index is 1120. The van der Waals surface area contributed by atoms with E-state index in [4.69, 9.17) is 4.42 Å². The zero-order valence-corrected chi connectivity index (χ0v) is 20.6. The molecule has 2 aromatic heterocycles. The van der Waals surface area contributed by atoms with Crippen LogP contribution in [0, 0.1) is 5.82 Å². The average molecular weight is 484 g/mol. The monoisotopic (exact) mass is 483 g/mol. The Balaban J connectivity index is 1.58. The highest BCUT2D eigenvalue weighted by Gasteiger charge is 2.24. The van der Waals surface area contributed by atoms with E-state index < -0.39 is 0 Å². The van der Waals surface area contributed by atoms with Crippen LogP contribution in [-0.2, 0) is 11.3 Å². The molecular weight excluding hydrogens is 453 g/mol. The highest BCUT2D eigenvalue weighted by atomic mass is 32.2. The van der Waals surface area contributed by atoms with Gasteiger partial charge < -0.3 is 9.32 Å². The lowest BCUT2D eigenvalue weighted by molar-refractivity contribution is -0.127. The summed E-state index contributed by atoms with van der Waals surface area (Å²) in [6.45, 7) is 2.44. The number of allylic oxidation sites excluding steroid dienone is 2. The molecule has 9 heteroatoms. The van der Waals surface area contributed by atoms with Gasteiger partial charge in [-0.1, -0.05) is 17.8 Å². The van der Waals surface area contributed by atoms with Crippen LogP contribution in [-0.4, -0.2) is 50.3 Å². The predicted octanol–water partition coefficient (Wildman–Crippen LogP) is 5.20. The van der Waals surface area contributed by atoms with Gasteiger partial charge in [-0.2, -0.15) is 0 Å². The van der Waals surface area contributed by atoms with Crippen LogP contribution in [0.5, 0.6) is 0 Å². The Morgan fingerprint density at radius 2 is 2.00 bits per heavy atom. The number of hydrogen-bond acceptors (Lipinski definition) is 6. The minimum absolute atomic E-state index is 0.00888. The van der Waals surface area contributed by atoms with Gasteiger partial charge in [0, 0.05) is 11.4 Å². The minimum Gasteiger partial charge on any atom is -0.467 e. The smallest absolute Gasteiger partial charge is 0.237 e. The molecule has 180 valence electrons. The summed E-state index contributed by atoms with van der Waals surface area (Å²) in [6.07, 6.45) is 7.87.